The lowest BCUT2D eigenvalue weighted by molar-refractivity contribution is -0.136. The smallest absolute Gasteiger partial charge is 0.329 e. The Bertz CT molecular complexity index is 1830. The Hall–Kier alpha value is -4.24. The van der Waals surface area contributed by atoms with Gasteiger partial charge >= 0.3 is 5.97 Å². The topological polar surface area (TPSA) is 103 Å². The Balaban J connectivity index is 1.42. The Morgan fingerprint density at radius 3 is 2.35 bits per heavy atom. The Labute approximate surface area is 236 Å². The molecule has 7 nitrogen and oxygen atoms in total. The van der Waals surface area contributed by atoms with Crippen molar-refractivity contribution in [2.24, 2.45) is 0 Å². The third-order valence-corrected chi connectivity index (χ3v) is 8.06. The molecule has 0 amide bonds. The van der Waals surface area contributed by atoms with Crippen molar-refractivity contribution in [3.05, 3.63) is 130 Å². The molecule has 0 aliphatic carbocycles. The van der Waals surface area contributed by atoms with Crippen LogP contribution in [0, 0.1) is 6.92 Å². The molecule has 0 radical (unpaired) electrons. The largest absolute Gasteiger partial charge is 0.463 e. The van der Waals surface area contributed by atoms with Crippen molar-refractivity contribution in [3.63, 3.8) is 0 Å². The molecule has 1 atom stereocenters. The van der Waals surface area contributed by atoms with Gasteiger partial charge in [0.15, 0.2) is 5.43 Å². The van der Waals surface area contributed by atoms with E-state index in [0.29, 0.717) is 21.5 Å². The Morgan fingerprint density at radius 1 is 0.950 bits per heavy atom. The number of benzene rings is 4. The molecule has 9 heteroatoms. The number of nitrogens with one attached hydrogen (secondary N) is 1. The van der Waals surface area contributed by atoms with Crippen LogP contribution in [-0.2, 0) is 21.2 Å². The van der Waals surface area contributed by atoms with Crippen molar-refractivity contribution < 1.29 is 22.4 Å². The van der Waals surface area contributed by atoms with E-state index in [9.17, 15) is 18.0 Å². The summed E-state index contributed by atoms with van der Waals surface area (Å²) in [5.41, 5.74) is 2.63. The number of hydrogen-bond donors (Lipinski definition) is 1. The second-order valence-electron chi connectivity index (χ2n) is 9.24. The Kier molecular flexibility index (Phi) is 7.84. The molecule has 0 saturated carbocycles. The van der Waals surface area contributed by atoms with Gasteiger partial charge in [0.25, 0.3) is 0 Å². The number of ether oxygens (including phenoxy) is 1. The van der Waals surface area contributed by atoms with E-state index >= 15 is 0 Å². The van der Waals surface area contributed by atoms with Crippen LogP contribution in [0.25, 0.3) is 22.1 Å². The molecular weight excluding hydrogens is 550 g/mol. The number of rotatable bonds is 8. The number of carbonyl (C=O) groups is 1. The van der Waals surface area contributed by atoms with E-state index in [2.05, 4.69) is 4.72 Å². The first-order valence-electron chi connectivity index (χ1n) is 12.4. The van der Waals surface area contributed by atoms with Gasteiger partial charge in [-0.3, -0.25) is 4.79 Å². The molecule has 202 valence electrons. The summed E-state index contributed by atoms with van der Waals surface area (Å²) >= 11 is 5.95. The van der Waals surface area contributed by atoms with Crippen molar-refractivity contribution in [2.45, 2.75) is 24.3 Å². The van der Waals surface area contributed by atoms with Crippen molar-refractivity contribution in [1.82, 2.24) is 4.72 Å². The summed E-state index contributed by atoms with van der Waals surface area (Å²) in [6.45, 7) is 1.85. The molecule has 1 unspecified atom stereocenters. The summed E-state index contributed by atoms with van der Waals surface area (Å²) in [6, 6.07) is 25.3. The molecule has 0 bridgehead atoms. The molecule has 0 fully saturated rings. The predicted octanol–water partition coefficient (Wildman–Crippen LogP) is 5.92. The standard InChI is InChI=1S/C31H24ClNO6S/c1-20-7-14-25(15-8-20)40(36,37)33-28(17-21-5-3-2-4-6-21)31(35)39-24-13-16-26-29(18-24)38-19-27(30(26)34)22-9-11-23(32)12-10-22/h2-16,18-19,28,33H,17H2,1H3. The monoisotopic (exact) mass is 573 g/mol. The normalized spacial score (nSPS) is 12.2. The number of hydrogen-bond acceptors (Lipinski definition) is 6. The van der Waals surface area contributed by atoms with E-state index in [1.807, 2.05) is 13.0 Å². The average Bonchev–Trinajstić information content (AvgIpc) is 2.94. The third kappa shape index (κ3) is 6.15. The second-order valence-corrected chi connectivity index (χ2v) is 11.4. The lowest BCUT2D eigenvalue weighted by Crippen LogP contribution is -2.44. The second kappa shape index (κ2) is 11.5. The van der Waals surface area contributed by atoms with Crippen LogP contribution in [0.2, 0.25) is 5.02 Å². The molecule has 1 N–H and O–H groups in total. The highest BCUT2D eigenvalue weighted by Gasteiger charge is 2.28. The highest BCUT2D eigenvalue weighted by atomic mass is 35.5. The highest BCUT2D eigenvalue weighted by molar-refractivity contribution is 7.89. The van der Waals surface area contributed by atoms with E-state index in [0.717, 1.165) is 11.1 Å². The van der Waals surface area contributed by atoms with E-state index < -0.39 is 22.0 Å². The summed E-state index contributed by atoms with van der Waals surface area (Å²) in [5, 5.41) is 0.847. The fraction of sp³-hybridized carbons (Fsp3) is 0.0968. The molecule has 5 aromatic rings. The van der Waals surface area contributed by atoms with Gasteiger partial charge in [-0.25, -0.2) is 13.2 Å². The number of halogens is 1. The van der Waals surface area contributed by atoms with Crippen LogP contribution in [0.15, 0.2) is 117 Å². The summed E-state index contributed by atoms with van der Waals surface area (Å²) < 4.78 is 40.0. The van der Waals surface area contributed by atoms with E-state index in [1.54, 1.807) is 60.7 Å². The van der Waals surface area contributed by atoms with Crippen molar-refractivity contribution in [1.29, 1.82) is 0 Å². The van der Waals surface area contributed by atoms with Gasteiger partial charge in [-0.1, -0.05) is 71.8 Å². The quantitative estimate of drug-likeness (QED) is 0.183. The fourth-order valence-corrected chi connectivity index (χ4v) is 5.49. The molecule has 40 heavy (non-hydrogen) atoms. The summed E-state index contributed by atoms with van der Waals surface area (Å²) in [6.07, 6.45) is 1.41. The third-order valence-electron chi connectivity index (χ3n) is 6.32. The maximum absolute atomic E-state index is 13.3. The zero-order valence-electron chi connectivity index (χ0n) is 21.3. The minimum atomic E-state index is -4.03. The first-order chi connectivity index (χ1) is 19.2. The van der Waals surface area contributed by atoms with Crippen LogP contribution in [0.1, 0.15) is 11.1 Å². The van der Waals surface area contributed by atoms with Crippen molar-refractivity contribution in [2.75, 3.05) is 0 Å². The molecule has 0 spiro atoms. The van der Waals surface area contributed by atoms with Crippen LogP contribution < -0.4 is 14.9 Å². The molecular formula is C31H24ClNO6S. The lowest BCUT2D eigenvalue weighted by Gasteiger charge is -2.18. The zero-order valence-corrected chi connectivity index (χ0v) is 22.9. The van der Waals surface area contributed by atoms with Crippen LogP contribution in [-0.4, -0.2) is 20.4 Å². The maximum Gasteiger partial charge on any atom is 0.329 e. The number of esters is 1. The van der Waals surface area contributed by atoms with Crippen molar-refractivity contribution >= 4 is 38.6 Å². The molecule has 1 heterocycles. The van der Waals surface area contributed by atoms with Gasteiger partial charge in [0.05, 0.1) is 15.8 Å². The molecule has 1 aromatic heterocycles. The van der Waals surface area contributed by atoms with E-state index in [4.69, 9.17) is 20.8 Å². The van der Waals surface area contributed by atoms with E-state index in [-0.39, 0.29) is 28.1 Å². The molecule has 4 aromatic carbocycles. The van der Waals surface area contributed by atoms with Gasteiger partial charge in [0.1, 0.15) is 23.6 Å². The lowest BCUT2D eigenvalue weighted by atomic mass is 10.1. The van der Waals surface area contributed by atoms with Crippen LogP contribution in [0.4, 0.5) is 0 Å². The minimum absolute atomic E-state index is 0.0351. The number of carbonyl (C=O) groups excluding carboxylic acids is 1. The number of fused-ring (bicyclic) bond motifs is 1. The van der Waals surface area contributed by atoms with Gasteiger partial charge in [-0.15, -0.1) is 0 Å². The minimum Gasteiger partial charge on any atom is -0.463 e. The first-order valence-corrected chi connectivity index (χ1v) is 14.2. The molecule has 0 aliphatic heterocycles. The summed E-state index contributed by atoms with van der Waals surface area (Å²) in [4.78, 5) is 26.4. The SMILES string of the molecule is Cc1ccc(S(=O)(=O)NC(Cc2ccccc2)C(=O)Oc2ccc3c(=O)c(-c4ccc(Cl)cc4)coc3c2)cc1. The van der Waals surface area contributed by atoms with Crippen LogP contribution in [0.5, 0.6) is 5.75 Å². The van der Waals surface area contributed by atoms with Crippen molar-refractivity contribution in [3.8, 4) is 16.9 Å². The number of sulfonamides is 1. The van der Waals surface area contributed by atoms with Gasteiger partial charge in [-0.2, -0.15) is 4.72 Å². The average molecular weight is 574 g/mol. The van der Waals surface area contributed by atoms with Gasteiger partial charge < -0.3 is 9.15 Å². The molecule has 5 rings (SSSR count). The van der Waals surface area contributed by atoms with Gasteiger partial charge in [0, 0.05) is 11.1 Å². The number of aryl methyl sites for hydroxylation is 1. The predicted molar refractivity (Wildman–Crippen MR) is 154 cm³/mol. The zero-order chi connectivity index (χ0) is 28.3. The molecule has 0 saturated heterocycles. The first kappa shape index (κ1) is 27.3. The highest BCUT2D eigenvalue weighted by Crippen LogP contribution is 2.25. The van der Waals surface area contributed by atoms with E-state index in [1.165, 1.54) is 36.6 Å². The maximum atomic E-state index is 13.3. The van der Waals surface area contributed by atoms with Crippen LogP contribution in [0.3, 0.4) is 0 Å². The molecule has 0 aliphatic rings. The summed E-state index contributed by atoms with van der Waals surface area (Å²) in [7, 11) is -4.03. The van der Waals surface area contributed by atoms with Crippen LogP contribution >= 0.6 is 11.6 Å². The van der Waals surface area contributed by atoms with Gasteiger partial charge in [0.2, 0.25) is 10.0 Å². The van der Waals surface area contributed by atoms with Gasteiger partial charge in [-0.05, 0) is 60.9 Å². The Morgan fingerprint density at radius 2 is 1.65 bits per heavy atom. The fourth-order valence-electron chi connectivity index (χ4n) is 4.18. The summed E-state index contributed by atoms with van der Waals surface area (Å²) in [5.74, 6) is -0.702.